The van der Waals surface area contributed by atoms with Gasteiger partial charge in [0.05, 0.1) is 12.7 Å². The van der Waals surface area contributed by atoms with E-state index in [-0.39, 0.29) is 6.10 Å². The molecule has 0 aliphatic rings. The van der Waals surface area contributed by atoms with E-state index in [1.807, 2.05) is 39.8 Å². The molecule has 1 rings (SSSR count). The summed E-state index contributed by atoms with van der Waals surface area (Å²) in [6.45, 7) is 8.32. The van der Waals surface area contributed by atoms with Gasteiger partial charge in [-0.05, 0) is 44.4 Å². The zero-order valence-corrected chi connectivity index (χ0v) is 11.8. The van der Waals surface area contributed by atoms with Crippen molar-refractivity contribution in [3.05, 3.63) is 33.3 Å². The van der Waals surface area contributed by atoms with Crippen LogP contribution in [0.5, 0.6) is 0 Å². The first-order chi connectivity index (χ1) is 7.41. The van der Waals surface area contributed by atoms with Crippen LogP contribution in [0.4, 0.5) is 0 Å². The molecule has 0 heterocycles. The van der Waals surface area contributed by atoms with Crippen LogP contribution in [-0.4, -0.2) is 17.8 Å². The smallest absolute Gasteiger partial charge is 0.102 e. The van der Waals surface area contributed by atoms with Crippen molar-refractivity contribution < 1.29 is 9.84 Å². The zero-order valence-electron chi connectivity index (χ0n) is 10.2. The Hall–Kier alpha value is -0.380. The maximum atomic E-state index is 9.97. The molecule has 1 N–H and O–H groups in total. The van der Waals surface area contributed by atoms with E-state index in [4.69, 9.17) is 4.74 Å². The molecule has 1 aromatic carbocycles. The second kappa shape index (κ2) is 5.80. The summed E-state index contributed by atoms with van der Waals surface area (Å²) < 4.78 is 6.51. The number of ether oxygens (including phenoxy) is 1. The van der Waals surface area contributed by atoms with Crippen LogP contribution in [0.3, 0.4) is 0 Å². The quantitative estimate of drug-likeness (QED) is 0.918. The van der Waals surface area contributed by atoms with Crippen LogP contribution in [-0.2, 0) is 4.74 Å². The summed E-state index contributed by atoms with van der Waals surface area (Å²) in [5, 5.41) is 9.97. The molecule has 2 nitrogen and oxygen atoms in total. The predicted molar refractivity (Wildman–Crippen MR) is 69.7 cm³/mol. The lowest BCUT2D eigenvalue weighted by atomic mass is 10.0. The van der Waals surface area contributed by atoms with Crippen molar-refractivity contribution in [3.8, 4) is 0 Å². The number of halogens is 1. The Morgan fingerprint density at radius 2 is 1.75 bits per heavy atom. The summed E-state index contributed by atoms with van der Waals surface area (Å²) >= 11 is 3.51. The Balaban J connectivity index is 2.80. The molecule has 1 unspecified atom stereocenters. The summed E-state index contributed by atoms with van der Waals surface area (Å²) in [7, 11) is 0. The van der Waals surface area contributed by atoms with Crippen molar-refractivity contribution in [2.45, 2.75) is 39.9 Å². The second-order valence-corrected chi connectivity index (χ2v) is 5.16. The number of hydrogen-bond donors (Lipinski definition) is 1. The molecule has 1 atom stereocenters. The molecule has 16 heavy (non-hydrogen) atoms. The number of aryl methyl sites for hydroxylation is 2. The van der Waals surface area contributed by atoms with Crippen molar-refractivity contribution in [3.63, 3.8) is 0 Å². The topological polar surface area (TPSA) is 29.5 Å². The van der Waals surface area contributed by atoms with Gasteiger partial charge in [0.15, 0.2) is 0 Å². The fourth-order valence-electron chi connectivity index (χ4n) is 1.55. The van der Waals surface area contributed by atoms with E-state index in [0.717, 1.165) is 21.2 Å². The van der Waals surface area contributed by atoms with E-state index >= 15 is 0 Å². The summed E-state index contributed by atoms with van der Waals surface area (Å²) in [6, 6.07) is 3.98. The fraction of sp³-hybridized carbons (Fsp3) is 0.538. The number of benzene rings is 1. The van der Waals surface area contributed by atoms with Gasteiger partial charge in [-0.3, -0.25) is 0 Å². The zero-order chi connectivity index (χ0) is 12.3. The second-order valence-electron chi connectivity index (χ2n) is 4.37. The van der Waals surface area contributed by atoms with Crippen LogP contribution in [0.15, 0.2) is 16.6 Å². The highest BCUT2D eigenvalue weighted by Gasteiger charge is 2.11. The lowest BCUT2D eigenvalue weighted by molar-refractivity contribution is 0.00489. The standard InChI is InChI=1S/C13H19BrO2/c1-8(2)16-7-12(15)11-5-9(3)13(14)10(4)6-11/h5-6,8,12,15H,7H2,1-4H3. The molecule has 0 spiro atoms. The molecule has 3 heteroatoms. The number of rotatable bonds is 4. The summed E-state index contributed by atoms with van der Waals surface area (Å²) in [6.07, 6.45) is -0.403. The molecular weight excluding hydrogens is 268 g/mol. The van der Waals surface area contributed by atoms with Gasteiger partial charge >= 0.3 is 0 Å². The first-order valence-electron chi connectivity index (χ1n) is 5.48. The Morgan fingerprint density at radius 1 is 1.25 bits per heavy atom. The van der Waals surface area contributed by atoms with Crippen LogP contribution in [0.1, 0.15) is 36.6 Å². The Kier molecular flexibility index (Phi) is 4.96. The highest BCUT2D eigenvalue weighted by Crippen LogP contribution is 2.25. The highest BCUT2D eigenvalue weighted by molar-refractivity contribution is 9.10. The van der Waals surface area contributed by atoms with Crippen LogP contribution in [0.25, 0.3) is 0 Å². The molecule has 0 saturated carbocycles. The molecule has 0 radical (unpaired) electrons. The molecule has 0 aliphatic heterocycles. The van der Waals surface area contributed by atoms with Crippen molar-refractivity contribution in [1.82, 2.24) is 0 Å². The molecule has 1 aromatic rings. The van der Waals surface area contributed by atoms with Gasteiger partial charge in [-0.2, -0.15) is 0 Å². The minimum absolute atomic E-state index is 0.146. The van der Waals surface area contributed by atoms with Gasteiger partial charge in [0.2, 0.25) is 0 Å². The molecule has 0 aromatic heterocycles. The maximum absolute atomic E-state index is 9.97. The molecule has 0 bridgehead atoms. The van der Waals surface area contributed by atoms with E-state index in [2.05, 4.69) is 15.9 Å². The monoisotopic (exact) mass is 286 g/mol. The summed E-state index contributed by atoms with van der Waals surface area (Å²) in [5.41, 5.74) is 3.19. The van der Waals surface area contributed by atoms with Gasteiger partial charge in [-0.1, -0.05) is 28.1 Å². The van der Waals surface area contributed by atoms with Crippen LogP contribution in [0.2, 0.25) is 0 Å². The maximum Gasteiger partial charge on any atom is 0.102 e. The van der Waals surface area contributed by atoms with Crippen molar-refractivity contribution in [2.75, 3.05) is 6.61 Å². The lowest BCUT2D eigenvalue weighted by Gasteiger charge is -2.16. The number of aliphatic hydroxyl groups is 1. The third-order valence-corrected chi connectivity index (χ3v) is 3.68. The summed E-state index contributed by atoms with van der Waals surface area (Å²) in [4.78, 5) is 0. The summed E-state index contributed by atoms with van der Waals surface area (Å²) in [5.74, 6) is 0. The third-order valence-electron chi connectivity index (χ3n) is 2.43. The van der Waals surface area contributed by atoms with E-state index in [0.29, 0.717) is 6.61 Å². The fourth-order valence-corrected chi connectivity index (χ4v) is 1.78. The first-order valence-corrected chi connectivity index (χ1v) is 6.27. The van der Waals surface area contributed by atoms with Crippen molar-refractivity contribution in [2.24, 2.45) is 0 Å². The van der Waals surface area contributed by atoms with Crippen LogP contribution in [0, 0.1) is 13.8 Å². The van der Waals surface area contributed by atoms with Crippen molar-refractivity contribution in [1.29, 1.82) is 0 Å². The van der Waals surface area contributed by atoms with E-state index < -0.39 is 6.10 Å². The van der Waals surface area contributed by atoms with Gasteiger partial charge in [-0.25, -0.2) is 0 Å². The normalized spacial score (nSPS) is 13.2. The SMILES string of the molecule is Cc1cc(C(O)COC(C)C)cc(C)c1Br. The van der Waals surface area contributed by atoms with Gasteiger partial charge in [0.25, 0.3) is 0 Å². The first kappa shape index (κ1) is 13.7. The van der Waals surface area contributed by atoms with Crippen LogP contribution >= 0.6 is 15.9 Å². The largest absolute Gasteiger partial charge is 0.386 e. The van der Waals surface area contributed by atoms with Gasteiger partial charge < -0.3 is 9.84 Å². The van der Waals surface area contributed by atoms with Crippen molar-refractivity contribution >= 4 is 15.9 Å². The Bertz CT molecular complexity index is 338. The Morgan fingerprint density at radius 3 is 2.19 bits per heavy atom. The third kappa shape index (κ3) is 3.58. The molecule has 0 saturated heterocycles. The van der Waals surface area contributed by atoms with E-state index in [1.54, 1.807) is 0 Å². The van der Waals surface area contributed by atoms with Gasteiger partial charge in [0, 0.05) is 4.47 Å². The molecule has 0 aliphatic carbocycles. The van der Waals surface area contributed by atoms with E-state index in [1.165, 1.54) is 0 Å². The highest BCUT2D eigenvalue weighted by atomic mass is 79.9. The molecule has 0 fully saturated rings. The van der Waals surface area contributed by atoms with E-state index in [9.17, 15) is 5.11 Å². The number of hydrogen-bond acceptors (Lipinski definition) is 2. The molecule has 90 valence electrons. The van der Waals surface area contributed by atoms with Crippen LogP contribution < -0.4 is 0 Å². The minimum atomic E-state index is -0.548. The predicted octanol–water partition coefficient (Wildman–Crippen LogP) is 3.52. The Labute approximate surface area is 106 Å². The van der Waals surface area contributed by atoms with Gasteiger partial charge in [-0.15, -0.1) is 0 Å². The average Bonchev–Trinajstić information content (AvgIpc) is 2.21. The lowest BCUT2D eigenvalue weighted by Crippen LogP contribution is -2.12. The molecular formula is C13H19BrO2. The average molecular weight is 287 g/mol. The molecule has 0 amide bonds. The van der Waals surface area contributed by atoms with Gasteiger partial charge in [0.1, 0.15) is 6.10 Å². The number of aliphatic hydroxyl groups excluding tert-OH is 1. The minimum Gasteiger partial charge on any atom is -0.386 e.